The van der Waals surface area contributed by atoms with Crippen LogP contribution in [0.1, 0.15) is 22.9 Å². The van der Waals surface area contributed by atoms with Gasteiger partial charge in [-0.1, -0.05) is 29.8 Å². The lowest BCUT2D eigenvalue weighted by atomic mass is 10.00. The molecule has 0 aliphatic carbocycles. The summed E-state index contributed by atoms with van der Waals surface area (Å²) in [4.78, 5) is 24.3. The Morgan fingerprint density at radius 3 is 2.69 bits per heavy atom. The number of benzene rings is 2. The van der Waals surface area contributed by atoms with E-state index in [9.17, 15) is 4.79 Å². The van der Waals surface area contributed by atoms with E-state index in [2.05, 4.69) is 20.9 Å². The van der Waals surface area contributed by atoms with E-state index in [1.54, 1.807) is 24.7 Å². The predicted octanol–water partition coefficient (Wildman–Crippen LogP) is 3.57. The number of imidazole rings is 1. The number of rotatable bonds is 5. The van der Waals surface area contributed by atoms with Crippen molar-refractivity contribution in [2.45, 2.75) is 12.5 Å². The maximum atomic E-state index is 13.1. The second-order valence-electron chi connectivity index (χ2n) is 7.02. The van der Waals surface area contributed by atoms with Gasteiger partial charge < -0.3 is 14.8 Å². The van der Waals surface area contributed by atoms with E-state index in [0.29, 0.717) is 30.1 Å². The fourth-order valence-electron chi connectivity index (χ4n) is 3.68. The Morgan fingerprint density at radius 1 is 1.21 bits per heavy atom. The fourth-order valence-corrected chi connectivity index (χ4v) is 3.87. The quantitative estimate of drug-likeness (QED) is 0.704. The van der Waals surface area contributed by atoms with Crippen molar-refractivity contribution >= 4 is 23.2 Å². The molecule has 1 aliphatic rings. The summed E-state index contributed by atoms with van der Waals surface area (Å²) in [7, 11) is 0. The molecular weight excluding hydrogens is 386 g/mol. The van der Waals surface area contributed by atoms with Crippen molar-refractivity contribution in [1.29, 1.82) is 5.26 Å². The van der Waals surface area contributed by atoms with Crippen molar-refractivity contribution in [3.8, 4) is 6.07 Å². The Labute approximate surface area is 174 Å². The summed E-state index contributed by atoms with van der Waals surface area (Å²) < 4.78 is 0. The average molecular weight is 406 g/mol. The maximum absolute atomic E-state index is 13.1. The summed E-state index contributed by atoms with van der Waals surface area (Å²) in [5.41, 5.74) is 3.54. The van der Waals surface area contributed by atoms with Crippen molar-refractivity contribution in [3.63, 3.8) is 0 Å². The van der Waals surface area contributed by atoms with Gasteiger partial charge in [0.05, 0.1) is 42.4 Å². The van der Waals surface area contributed by atoms with Crippen LogP contribution >= 0.6 is 11.6 Å². The van der Waals surface area contributed by atoms with Crippen LogP contribution in [-0.2, 0) is 11.2 Å². The van der Waals surface area contributed by atoms with Crippen LogP contribution in [0, 0.1) is 11.3 Å². The number of carbonyl (C=O) groups excluding carboxylic acids is 1. The summed E-state index contributed by atoms with van der Waals surface area (Å²) in [5, 5.41) is 9.67. The van der Waals surface area contributed by atoms with Crippen molar-refractivity contribution in [2.75, 3.05) is 24.5 Å². The predicted molar refractivity (Wildman–Crippen MR) is 112 cm³/mol. The molecule has 1 atom stereocenters. The second-order valence-corrected chi connectivity index (χ2v) is 7.46. The molecule has 0 bridgehead atoms. The lowest BCUT2D eigenvalue weighted by Gasteiger charge is -2.39. The van der Waals surface area contributed by atoms with E-state index in [1.807, 2.05) is 41.3 Å². The van der Waals surface area contributed by atoms with Gasteiger partial charge in [-0.3, -0.25) is 4.79 Å². The van der Waals surface area contributed by atoms with Gasteiger partial charge in [0, 0.05) is 23.8 Å². The Hall–Kier alpha value is -3.30. The molecule has 1 N–H and O–H groups in total. The average Bonchev–Trinajstić information content (AvgIpc) is 3.27. The number of piperazine rings is 1. The topological polar surface area (TPSA) is 76.0 Å². The molecule has 29 heavy (non-hydrogen) atoms. The number of aromatic amines is 1. The SMILES string of the molecule is N#Cc1ccc(CC(c2cnc[nH]2)N2CCN(c3cccc(Cl)c3)CC2=O)cc1. The zero-order chi connectivity index (χ0) is 20.2. The van der Waals surface area contributed by atoms with Crippen LogP contribution in [-0.4, -0.2) is 40.4 Å². The lowest BCUT2D eigenvalue weighted by molar-refractivity contribution is -0.133. The molecule has 4 rings (SSSR count). The van der Waals surface area contributed by atoms with Crippen LogP contribution in [0.2, 0.25) is 5.02 Å². The zero-order valence-electron chi connectivity index (χ0n) is 15.8. The van der Waals surface area contributed by atoms with E-state index in [0.717, 1.165) is 23.5 Å². The third-order valence-corrected chi connectivity index (χ3v) is 5.43. The Morgan fingerprint density at radius 2 is 2.03 bits per heavy atom. The molecule has 1 aliphatic heterocycles. The molecule has 2 aromatic carbocycles. The van der Waals surface area contributed by atoms with E-state index in [-0.39, 0.29) is 11.9 Å². The number of amides is 1. The highest BCUT2D eigenvalue weighted by atomic mass is 35.5. The number of halogens is 1. The zero-order valence-corrected chi connectivity index (χ0v) is 16.5. The van der Waals surface area contributed by atoms with Gasteiger partial charge in [0.15, 0.2) is 0 Å². The van der Waals surface area contributed by atoms with Gasteiger partial charge in [-0.05, 0) is 42.3 Å². The molecule has 2 heterocycles. The summed E-state index contributed by atoms with van der Waals surface area (Å²) in [6.07, 6.45) is 4.05. The summed E-state index contributed by atoms with van der Waals surface area (Å²) in [6, 6.07) is 17.1. The highest BCUT2D eigenvalue weighted by Gasteiger charge is 2.31. The number of nitrogens with zero attached hydrogens (tertiary/aromatic N) is 4. The normalized spacial score (nSPS) is 15.2. The molecule has 6 nitrogen and oxygen atoms in total. The molecule has 0 saturated carbocycles. The number of aromatic nitrogens is 2. The summed E-state index contributed by atoms with van der Waals surface area (Å²) in [5.74, 6) is 0.0597. The molecule has 1 saturated heterocycles. The first-order valence-electron chi connectivity index (χ1n) is 9.41. The highest BCUT2D eigenvalue weighted by Crippen LogP contribution is 2.28. The molecule has 1 aromatic heterocycles. The Bertz CT molecular complexity index is 1030. The van der Waals surface area contributed by atoms with Crippen LogP contribution in [0.25, 0.3) is 0 Å². The monoisotopic (exact) mass is 405 g/mol. The number of hydrogen-bond donors (Lipinski definition) is 1. The van der Waals surface area contributed by atoms with Gasteiger partial charge in [-0.15, -0.1) is 0 Å². The minimum absolute atomic E-state index is 0.0597. The molecule has 3 aromatic rings. The van der Waals surface area contributed by atoms with Crippen LogP contribution in [0.3, 0.4) is 0 Å². The van der Waals surface area contributed by atoms with E-state index in [1.165, 1.54) is 0 Å². The summed E-state index contributed by atoms with van der Waals surface area (Å²) >= 11 is 6.11. The van der Waals surface area contributed by atoms with E-state index in [4.69, 9.17) is 16.9 Å². The van der Waals surface area contributed by atoms with Crippen LogP contribution in [0.5, 0.6) is 0 Å². The smallest absolute Gasteiger partial charge is 0.242 e. The highest BCUT2D eigenvalue weighted by molar-refractivity contribution is 6.30. The Balaban J connectivity index is 1.54. The number of carbonyl (C=O) groups is 1. The van der Waals surface area contributed by atoms with Crippen molar-refractivity contribution < 1.29 is 4.79 Å². The first-order chi connectivity index (χ1) is 14.1. The molecule has 1 fully saturated rings. The number of hydrogen-bond acceptors (Lipinski definition) is 4. The second kappa shape index (κ2) is 8.38. The minimum atomic E-state index is -0.139. The first-order valence-corrected chi connectivity index (χ1v) is 9.79. The molecule has 146 valence electrons. The molecule has 1 amide bonds. The third kappa shape index (κ3) is 4.25. The Kier molecular flexibility index (Phi) is 5.50. The summed E-state index contributed by atoms with van der Waals surface area (Å²) in [6.45, 7) is 1.63. The molecular formula is C22H20ClN5O. The number of anilines is 1. The van der Waals surface area contributed by atoms with Crippen molar-refractivity contribution in [1.82, 2.24) is 14.9 Å². The van der Waals surface area contributed by atoms with E-state index < -0.39 is 0 Å². The van der Waals surface area contributed by atoms with Crippen LogP contribution < -0.4 is 4.90 Å². The van der Waals surface area contributed by atoms with Crippen molar-refractivity contribution in [3.05, 3.63) is 82.9 Å². The van der Waals surface area contributed by atoms with Crippen LogP contribution in [0.4, 0.5) is 5.69 Å². The standard InChI is InChI=1S/C22H20ClN5O/c23-18-2-1-3-19(11-18)27-8-9-28(22(29)14-27)21(20-13-25-15-26-20)10-16-4-6-17(12-24)7-5-16/h1-7,11,13,15,21H,8-10,14H2,(H,25,26). The van der Waals surface area contributed by atoms with Gasteiger partial charge >= 0.3 is 0 Å². The number of nitriles is 1. The fraction of sp³-hybridized carbons (Fsp3) is 0.227. The first kappa shape index (κ1) is 19.0. The lowest BCUT2D eigenvalue weighted by Crippen LogP contribution is -2.52. The minimum Gasteiger partial charge on any atom is -0.360 e. The third-order valence-electron chi connectivity index (χ3n) is 5.20. The van der Waals surface area contributed by atoms with Crippen LogP contribution in [0.15, 0.2) is 61.1 Å². The van der Waals surface area contributed by atoms with E-state index >= 15 is 0 Å². The number of nitrogens with one attached hydrogen (secondary N) is 1. The van der Waals surface area contributed by atoms with Crippen molar-refractivity contribution in [2.24, 2.45) is 0 Å². The number of H-pyrrole nitrogens is 1. The molecule has 1 unspecified atom stereocenters. The van der Waals surface area contributed by atoms with Gasteiger partial charge in [0.2, 0.25) is 5.91 Å². The van der Waals surface area contributed by atoms with Gasteiger partial charge in [-0.2, -0.15) is 5.26 Å². The molecule has 7 heteroatoms. The largest absolute Gasteiger partial charge is 0.360 e. The van der Waals surface area contributed by atoms with Gasteiger partial charge in [-0.25, -0.2) is 4.98 Å². The molecule has 0 radical (unpaired) electrons. The maximum Gasteiger partial charge on any atom is 0.242 e. The molecule has 0 spiro atoms. The van der Waals surface area contributed by atoms with Gasteiger partial charge in [0.1, 0.15) is 0 Å². The van der Waals surface area contributed by atoms with Gasteiger partial charge in [0.25, 0.3) is 0 Å².